The largest absolute Gasteiger partial charge is 0.347 e. The molecule has 138 valence electrons. The lowest BCUT2D eigenvalue weighted by molar-refractivity contribution is -0.119. The third kappa shape index (κ3) is 8.63. The van der Waals surface area contributed by atoms with Crippen molar-refractivity contribution in [1.29, 1.82) is 0 Å². The molecule has 1 aromatic rings. The van der Waals surface area contributed by atoms with Crippen LogP contribution in [0.3, 0.4) is 0 Å². The lowest BCUT2D eigenvalue weighted by Gasteiger charge is -2.21. The van der Waals surface area contributed by atoms with Crippen LogP contribution in [0.4, 0.5) is 5.69 Å². The molecule has 0 bridgehead atoms. The Labute approximate surface area is 156 Å². The van der Waals surface area contributed by atoms with Crippen LogP contribution in [0.1, 0.15) is 70.2 Å². The number of carbonyl (C=O) groups excluding carboxylic acids is 2. The highest BCUT2D eigenvalue weighted by molar-refractivity contribution is 7.80. The van der Waals surface area contributed by atoms with Gasteiger partial charge in [0, 0.05) is 12.0 Å². The summed E-state index contributed by atoms with van der Waals surface area (Å²) < 4.78 is 0. The van der Waals surface area contributed by atoms with E-state index >= 15 is 0 Å². The number of unbranched alkanes of at least 4 members (excludes halogenated alkanes) is 3. The van der Waals surface area contributed by atoms with Gasteiger partial charge in [0.15, 0.2) is 5.11 Å². The van der Waals surface area contributed by atoms with E-state index in [9.17, 15) is 9.59 Å². The number of anilines is 1. The normalized spacial score (nSPS) is 10.9. The Morgan fingerprint density at radius 1 is 1.08 bits per heavy atom. The molecule has 0 saturated heterocycles. The Bertz CT molecular complexity index is 609. The minimum absolute atomic E-state index is 0.106. The predicted octanol–water partition coefficient (Wildman–Crippen LogP) is 4.00. The van der Waals surface area contributed by atoms with Crippen molar-refractivity contribution in [3.05, 3.63) is 29.8 Å². The first-order chi connectivity index (χ1) is 11.7. The minimum atomic E-state index is -0.336. The summed E-state index contributed by atoms with van der Waals surface area (Å²) in [6, 6.07) is 7.08. The zero-order chi connectivity index (χ0) is 18.9. The average Bonchev–Trinajstić information content (AvgIpc) is 2.50. The third-order valence-electron chi connectivity index (χ3n) is 3.42. The fraction of sp³-hybridized carbons (Fsp3) is 0.526. The van der Waals surface area contributed by atoms with E-state index in [1.807, 2.05) is 26.8 Å². The Balaban J connectivity index is 2.63. The summed E-state index contributed by atoms with van der Waals surface area (Å²) in [6.07, 6.45) is 4.61. The molecule has 0 aromatic heterocycles. The van der Waals surface area contributed by atoms with Crippen molar-refractivity contribution in [3.63, 3.8) is 0 Å². The van der Waals surface area contributed by atoms with Crippen LogP contribution >= 0.6 is 12.2 Å². The average molecular weight is 364 g/mol. The molecule has 0 aliphatic heterocycles. The number of benzene rings is 1. The first-order valence-electron chi connectivity index (χ1n) is 8.75. The molecular formula is C19H29N3O2S. The number of carbonyl (C=O) groups is 2. The smallest absolute Gasteiger partial charge is 0.253 e. The maximum atomic E-state index is 12.4. The van der Waals surface area contributed by atoms with E-state index in [0.717, 1.165) is 25.7 Å². The van der Waals surface area contributed by atoms with Crippen LogP contribution in [0.15, 0.2) is 24.3 Å². The molecule has 0 radical (unpaired) electrons. The second-order valence-corrected chi connectivity index (χ2v) is 7.47. The van der Waals surface area contributed by atoms with Crippen LogP contribution in [0, 0.1) is 0 Å². The predicted molar refractivity (Wildman–Crippen MR) is 107 cm³/mol. The number of hydrogen-bond donors (Lipinski definition) is 3. The monoisotopic (exact) mass is 363 g/mol. The van der Waals surface area contributed by atoms with Gasteiger partial charge >= 0.3 is 0 Å². The summed E-state index contributed by atoms with van der Waals surface area (Å²) in [7, 11) is 0. The molecule has 6 heteroatoms. The van der Waals surface area contributed by atoms with Gasteiger partial charge in [-0.05, 0) is 51.5 Å². The van der Waals surface area contributed by atoms with Gasteiger partial charge in [-0.1, -0.05) is 38.3 Å². The molecule has 1 aromatic carbocycles. The molecule has 3 N–H and O–H groups in total. The number of thiocarbonyl (C=S) groups is 1. The molecule has 0 spiro atoms. The van der Waals surface area contributed by atoms with Crippen molar-refractivity contribution in [3.8, 4) is 0 Å². The van der Waals surface area contributed by atoms with Gasteiger partial charge < -0.3 is 16.0 Å². The van der Waals surface area contributed by atoms with Crippen LogP contribution in [-0.4, -0.2) is 22.5 Å². The molecule has 0 heterocycles. The topological polar surface area (TPSA) is 70.2 Å². The quantitative estimate of drug-likeness (QED) is 0.506. The lowest BCUT2D eigenvalue weighted by atomic mass is 10.1. The second-order valence-electron chi connectivity index (χ2n) is 7.06. The van der Waals surface area contributed by atoms with Gasteiger partial charge in [-0.15, -0.1) is 0 Å². The number of rotatable bonds is 7. The molecule has 0 saturated carbocycles. The highest BCUT2D eigenvalue weighted by Gasteiger charge is 2.18. The van der Waals surface area contributed by atoms with Crippen LogP contribution in [0.2, 0.25) is 0 Å². The first-order valence-corrected chi connectivity index (χ1v) is 9.16. The highest BCUT2D eigenvalue weighted by Crippen LogP contribution is 2.16. The number of nitrogens with one attached hydrogen (secondary N) is 3. The molecule has 2 amide bonds. The van der Waals surface area contributed by atoms with E-state index in [-0.39, 0.29) is 22.5 Å². The van der Waals surface area contributed by atoms with Crippen LogP contribution in [-0.2, 0) is 4.79 Å². The molecule has 25 heavy (non-hydrogen) atoms. The van der Waals surface area contributed by atoms with Gasteiger partial charge in [-0.3, -0.25) is 9.59 Å². The van der Waals surface area contributed by atoms with E-state index in [4.69, 9.17) is 12.2 Å². The summed E-state index contributed by atoms with van der Waals surface area (Å²) in [5.41, 5.74) is 0.717. The summed E-state index contributed by atoms with van der Waals surface area (Å²) in [5.74, 6) is -0.297. The zero-order valence-electron chi connectivity index (χ0n) is 15.6. The van der Waals surface area contributed by atoms with Crippen LogP contribution in [0.5, 0.6) is 0 Å². The number of hydrogen-bond acceptors (Lipinski definition) is 3. The van der Waals surface area contributed by atoms with Crippen molar-refractivity contribution in [1.82, 2.24) is 10.6 Å². The van der Waals surface area contributed by atoms with Gasteiger partial charge in [-0.2, -0.15) is 0 Å². The van der Waals surface area contributed by atoms with Crippen molar-refractivity contribution < 1.29 is 9.59 Å². The van der Waals surface area contributed by atoms with E-state index in [1.54, 1.807) is 18.2 Å². The fourth-order valence-corrected chi connectivity index (χ4v) is 2.48. The SMILES string of the molecule is CCCCCCC(=O)NC(=S)Nc1ccccc1C(=O)NC(C)(C)C. The van der Waals surface area contributed by atoms with E-state index in [1.165, 1.54) is 0 Å². The Morgan fingerprint density at radius 3 is 2.40 bits per heavy atom. The van der Waals surface area contributed by atoms with Crippen molar-refractivity contribution in [2.24, 2.45) is 0 Å². The van der Waals surface area contributed by atoms with Gasteiger partial charge in [0.05, 0.1) is 11.3 Å². The molecular weight excluding hydrogens is 334 g/mol. The summed E-state index contributed by atoms with van der Waals surface area (Å²) in [5, 5.41) is 8.74. The van der Waals surface area contributed by atoms with Crippen LogP contribution in [0.25, 0.3) is 0 Å². The second kappa shape index (κ2) is 10.1. The molecule has 5 nitrogen and oxygen atoms in total. The summed E-state index contributed by atoms with van der Waals surface area (Å²) in [6.45, 7) is 7.89. The minimum Gasteiger partial charge on any atom is -0.347 e. The fourth-order valence-electron chi connectivity index (χ4n) is 2.25. The summed E-state index contributed by atoms with van der Waals surface area (Å²) >= 11 is 5.20. The maximum absolute atomic E-state index is 12.4. The van der Waals surface area contributed by atoms with Crippen molar-refractivity contribution in [2.75, 3.05) is 5.32 Å². The van der Waals surface area contributed by atoms with Gasteiger partial charge in [0.25, 0.3) is 5.91 Å². The molecule has 0 fully saturated rings. The van der Waals surface area contributed by atoms with Crippen molar-refractivity contribution >= 4 is 34.8 Å². The number of amides is 2. The van der Waals surface area contributed by atoms with Crippen LogP contribution < -0.4 is 16.0 Å². The van der Waals surface area contributed by atoms with Gasteiger partial charge in [0.2, 0.25) is 5.91 Å². The molecule has 1 rings (SSSR count). The number of para-hydroxylation sites is 1. The molecule has 0 aliphatic carbocycles. The molecule has 0 aliphatic rings. The molecule has 0 unspecified atom stereocenters. The third-order valence-corrected chi connectivity index (χ3v) is 3.62. The summed E-state index contributed by atoms with van der Waals surface area (Å²) in [4.78, 5) is 24.3. The van der Waals surface area contributed by atoms with E-state index in [2.05, 4.69) is 22.9 Å². The zero-order valence-corrected chi connectivity index (χ0v) is 16.4. The lowest BCUT2D eigenvalue weighted by Crippen LogP contribution is -2.41. The Hall–Kier alpha value is -1.95. The Kier molecular flexibility index (Phi) is 8.55. The van der Waals surface area contributed by atoms with E-state index < -0.39 is 0 Å². The Morgan fingerprint density at radius 2 is 1.76 bits per heavy atom. The maximum Gasteiger partial charge on any atom is 0.253 e. The van der Waals surface area contributed by atoms with Gasteiger partial charge in [0.1, 0.15) is 0 Å². The molecule has 0 atom stereocenters. The standard InChI is InChI=1S/C19H29N3O2S/c1-5-6-7-8-13-16(23)21-18(25)20-15-12-10-9-11-14(15)17(24)22-19(2,3)4/h9-12H,5-8,13H2,1-4H3,(H,22,24)(H2,20,21,23,25). The van der Waals surface area contributed by atoms with E-state index in [0.29, 0.717) is 17.7 Å². The van der Waals surface area contributed by atoms with Crippen molar-refractivity contribution in [2.45, 2.75) is 65.3 Å². The first kappa shape index (κ1) is 21.1. The van der Waals surface area contributed by atoms with Gasteiger partial charge in [-0.25, -0.2) is 0 Å². The highest BCUT2D eigenvalue weighted by atomic mass is 32.1.